The molecule has 0 spiro atoms. The molecule has 0 aromatic heterocycles. The standard InChI is InChI=1S/C19H28N2O3/c1-14(16-5-7-20-8-6-16)12-19(22)21-9-4-15-2-3-17-18(13-15)24-11-10-23-17/h2-3,13-14,16,20H,4-12H2,1H3,(H,21,22). The second kappa shape index (κ2) is 8.38. The van der Waals surface area contributed by atoms with Gasteiger partial charge in [0, 0.05) is 13.0 Å². The third kappa shape index (κ3) is 4.63. The molecule has 0 aliphatic carbocycles. The average molecular weight is 332 g/mol. The van der Waals surface area contributed by atoms with Gasteiger partial charge in [0.05, 0.1) is 0 Å². The van der Waals surface area contributed by atoms with Gasteiger partial charge in [-0.3, -0.25) is 4.79 Å². The van der Waals surface area contributed by atoms with Crippen molar-refractivity contribution >= 4 is 5.91 Å². The van der Waals surface area contributed by atoms with Gasteiger partial charge in [-0.15, -0.1) is 0 Å². The number of piperidine rings is 1. The fourth-order valence-electron chi connectivity index (χ4n) is 3.53. The van der Waals surface area contributed by atoms with Crippen LogP contribution >= 0.6 is 0 Å². The summed E-state index contributed by atoms with van der Waals surface area (Å²) in [7, 11) is 0. The molecule has 1 aromatic rings. The summed E-state index contributed by atoms with van der Waals surface area (Å²) < 4.78 is 11.1. The highest BCUT2D eigenvalue weighted by atomic mass is 16.6. The van der Waals surface area contributed by atoms with Crippen LogP contribution in [-0.2, 0) is 11.2 Å². The van der Waals surface area contributed by atoms with Crippen LogP contribution in [0.5, 0.6) is 11.5 Å². The van der Waals surface area contributed by atoms with Crippen LogP contribution in [0.15, 0.2) is 18.2 Å². The number of nitrogens with one attached hydrogen (secondary N) is 2. The normalized spacial score (nSPS) is 18.9. The third-order valence-electron chi connectivity index (χ3n) is 5.04. The van der Waals surface area contributed by atoms with E-state index in [0.717, 1.165) is 36.6 Å². The molecular formula is C19H28N2O3. The van der Waals surface area contributed by atoms with Crippen molar-refractivity contribution in [2.45, 2.75) is 32.6 Å². The van der Waals surface area contributed by atoms with Gasteiger partial charge in [-0.25, -0.2) is 0 Å². The van der Waals surface area contributed by atoms with E-state index in [1.807, 2.05) is 18.2 Å². The number of carbonyl (C=O) groups is 1. The van der Waals surface area contributed by atoms with Crippen molar-refractivity contribution in [2.24, 2.45) is 11.8 Å². The number of benzene rings is 1. The lowest BCUT2D eigenvalue weighted by atomic mass is 9.84. The van der Waals surface area contributed by atoms with Crippen LogP contribution in [-0.4, -0.2) is 38.8 Å². The van der Waals surface area contributed by atoms with E-state index in [2.05, 4.69) is 17.6 Å². The van der Waals surface area contributed by atoms with Crippen molar-refractivity contribution in [2.75, 3.05) is 32.8 Å². The Labute approximate surface area is 144 Å². The number of rotatable bonds is 6. The van der Waals surface area contributed by atoms with Gasteiger partial charge < -0.3 is 20.1 Å². The topological polar surface area (TPSA) is 59.6 Å². The molecule has 0 saturated carbocycles. The Bertz CT molecular complexity index is 556. The Balaban J connectivity index is 1.40. The lowest BCUT2D eigenvalue weighted by Gasteiger charge is -2.27. The van der Waals surface area contributed by atoms with E-state index in [0.29, 0.717) is 38.0 Å². The van der Waals surface area contributed by atoms with E-state index in [4.69, 9.17) is 9.47 Å². The van der Waals surface area contributed by atoms with Gasteiger partial charge in [-0.05, 0) is 61.9 Å². The Morgan fingerprint density at radius 1 is 1.25 bits per heavy atom. The summed E-state index contributed by atoms with van der Waals surface area (Å²) in [5, 5.41) is 6.43. The lowest BCUT2D eigenvalue weighted by Crippen LogP contribution is -2.34. The predicted molar refractivity (Wildman–Crippen MR) is 93.5 cm³/mol. The largest absolute Gasteiger partial charge is 0.486 e. The molecule has 2 aliphatic heterocycles. The number of ether oxygens (including phenoxy) is 2. The van der Waals surface area contributed by atoms with Crippen molar-refractivity contribution in [3.05, 3.63) is 23.8 Å². The molecule has 0 bridgehead atoms. The zero-order valence-electron chi connectivity index (χ0n) is 14.5. The summed E-state index contributed by atoms with van der Waals surface area (Å²) in [5.41, 5.74) is 1.16. The quantitative estimate of drug-likeness (QED) is 0.838. The van der Waals surface area contributed by atoms with Gasteiger partial charge in [0.1, 0.15) is 13.2 Å². The van der Waals surface area contributed by atoms with E-state index >= 15 is 0 Å². The number of amides is 1. The summed E-state index contributed by atoms with van der Waals surface area (Å²) in [6, 6.07) is 6.00. The molecular weight excluding hydrogens is 304 g/mol. The minimum Gasteiger partial charge on any atom is -0.486 e. The Morgan fingerprint density at radius 2 is 2.00 bits per heavy atom. The molecule has 5 heteroatoms. The van der Waals surface area contributed by atoms with Crippen LogP contribution in [0.1, 0.15) is 31.7 Å². The summed E-state index contributed by atoms with van der Waals surface area (Å²) in [6.07, 6.45) is 3.81. The van der Waals surface area contributed by atoms with Crippen LogP contribution < -0.4 is 20.1 Å². The van der Waals surface area contributed by atoms with Crippen LogP contribution in [0.4, 0.5) is 0 Å². The summed E-state index contributed by atoms with van der Waals surface area (Å²) >= 11 is 0. The molecule has 2 aliphatic rings. The number of hydrogen-bond donors (Lipinski definition) is 2. The molecule has 1 saturated heterocycles. The van der Waals surface area contributed by atoms with Crippen molar-refractivity contribution < 1.29 is 14.3 Å². The van der Waals surface area contributed by atoms with Crippen molar-refractivity contribution in [1.82, 2.24) is 10.6 Å². The molecule has 1 amide bonds. The molecule has 2 N–H and O–H groups in total. The Hall–Kier alpha value is -1.75. The van der Waals surface area contributed by atoms with E-state index in [1.165, 1.54) is 12.8 Å². The average Bonchev–Trinajstić information content (AvgIpc) is 2.62. The van der Waals surface area contributed by atoms with Gasteiger partial charge in [0.2, 0.25) is 5.91 Å². The van der Waals surface area contributed by atoms with Crippen molar-refractivity contribution in [1.29, 1.82) is 0 Å². The van der Waals surface area contributed by atoms with Gasteiger partial charge in [0.25, 0.3) is 0 Å². The SMILES string of the molecule is CC(CC(=O)NCCc1ccc2c(c1)OCCO2)C1CCNCC1. The zero-order chi connectivity index (χ0) is 16.8. The Kier molecular flexibility index (Phi) is 5.96. The van der Waals surface area contributed by atoms with Crippen LogP contribution in [0.2, 0.25) is 0 Å². The van der Waals surface area contributed by atoms with E-state index in [9.17, 15) is 4.79 Å². The first-order chi connectivity index (χ1) is 11.7. The molecule has 24 heavy (non-hydrogen) atoms. The molecule has 1 aromatic carbocycles. The summed E-state index contributed by atoms with van der Waals surface area (Å²) in [5.74, 6) is 2.92. The molecule has 0 radical (unpaired) electrons. The van der Waals surface area contributed by atoms with Gasteiger partial charge in [-0.1, -0.05) is 13.0 Å². The first kappa shape index (κ1) is 17.1. The van der Waals surface area contributed by atoms with Crippen LogP contribution in [0, 0.1) is 11.8 Å². The smallest absolute Gasteiger partial charge is 0.220 e. The number of fused-ring (bicyclic) bond motifs is 1. The molecule has 2 heterocycles. The fraction of sp³-hybridized carbons (Fsp3) is 0.632. The minimum absolute atomic E-state index is 0.165. The highest BCUT2D eigenvalue weighted by molar-refractivity contribution is 5.76. The monoisotopic (exact) mass is 332 g/mol. The maximum Gasteiger partial charge on any atom is 0.220 e. The highest BCUT2D eigenvalue weighted by Gasteiger charge is 2.21. The van der Waals surface area contributed by atoms with Crippen molar-refractivity contribution in [3.8, 4) is 11.5 Å². The van der Waals surface area contributed by atoms with E-state index in [-0.39, 0.29) is 5.91 Å². The summed E-state index contributed by atoms with van der Waals surface area (Å²) in [4.78, 5) is 12.1. The molecule has 5 nitrogen and oxygen atoms in total. The lowest BCUT2D eigenvalue weighted by molar-refractivity contribution is -0.122. The summed E-state index contributed by atoms with van der Waals surface area (Å²) in [6.45, 7) is 6.24. The van der Waals surface area contributed by atoms with E-state index < -0.39 is 0 Å². The molecule has 1 atom stereocenters. The van der Waals surface area contributed by atoms with Gasteiger partial charge in [0.15, 0.2) is 11.5 Å². The van der Waals surface area contributed by atoms with Crippen LogP contribution in [0.3, 0.4) is 0 Å². The zero-order valence-corrected chi connectivity index (χ0v) is 14.5. The molecule has 1 unspecified atom stereocenters. The number of hydrogen-bond acceptors (Lipinski definition) is 4. The van der Waals surface area contributed by atoms with E-state index in [1.54, 1.807) is 0 Å². The number of carbonyl (C=O) groups excluding carboxylic acids is 1. The minimum atomic E-state index is 0.165. The van der Waals surface area contributed by atoms with Gasteiger partial charge in [-0.2, -0.15) is 0 Å². The Morgan fingerprint density at radius 3 is 2.79 bits per heavy atom. The third-order valence-corrected chi connectivity index (χ3v) is 5.04. The predicted octanol–water partition coefficient (Wildman–Crippen LogP) is 2.14. The maximum absolute atomic E-state index is 12.1. The molecule has 3 rings (SSSR count). The highest BCUT2D eigenvalue weighted by Crippen LogP contribution is 2.30. The fourth-order valence-corrected chi connectivity index (χ4v) is 3.53. The second-order valence-electron chi connectivity index (χ2n) is 6.85. The first-order valence-corrected chi connectivity index (χ1v) is 9.08. The molecule has 132 valence electrons. The maximum atomic E-state index is 12.1. The van der Waals surface area contributed by atoms with Gasteiger partial charge >= 0.3 is 0 Å². The first-order valence-electron chi connectivity index (χ1n) is 9.08. The van der Waals surface area contributed by atoms with Crippen molar-refractivity contribution in [3.63, 3.8) is 0 Å². The molecule has 1 fully saturated rings. The second-order valence-corrected chi connectivity index (χ2v) is 6.85. The van der Waals surface area contributed by atoms with Crippen LogP contribution in [0.25, 0.3) is 0 Å².